The Morgan fingerprint density at radius 2 is 1.34 bits per heavy atom. The summed E-state index contributed by atoms with van der Waals surface area (Å²) in [7, 11) is 0. The SMILES string of the molecule is C[C@H](N)[C@@H]1CC[C@@H](N)[C@@H](O[C@H]2[C@H](O[C@@H]3O[C@H](CO)[C@@H](OC4O[C@@H](CN)[C@@H](O)[C@H](O)[C@H]4N)[C@H]3O)[C@@H](O)[C@H](N)C[C@@H]2N)O1. The van der Waals surface area contributed by atoms with E-state index in [-0.39, 0.29) is 25.1 Å². The zero-order chi connectivity index (χ0) is 30.2. The van der Waals surface area contributed by atoms with E-state index in [0.717, 1.165) is 0 Å². The van der Waals surface area contributed by atoms with Gasteiger partial charge in [-0.05, 0) is 26.2 Å². The number of rotatable bonds is 9. The molecule has 0 bridgehead atoms. The molecular weight excluding hydrogens is 548 g/mol. The number of aliphatic hydroxyl groups is 5. The summed E-state index contributed by atoms with van der Waals surface area (Å²) in [5.74, 6) is 0. The molecule has 17 heteroatoms. The highest BCUT2D eigenvalue weighted by molar-refractivity contribution is 5.01. The van der Waals surface area contributed by atoms with Crippen molar-refractivity contribution in [2.45, 2.75) is 136 Å². The first-order valence-electron chi connectivity index (χ1n) is 14.1. The zero-order valence-corrected chi connectivity index (χ0v) is 23.1. The molecule has 1 unspecified atom stereocenters. The second-order valence-electron chi connectivity index (χ2n) is 11.6. The molecule has 4 fully saturated rings. The first kappa shape index (κ1) is 33.2. The Hall–Kier alpha value is -0.680. The van der Waals surface area contributed by atoms with Gasteiger partial charge in [-0.1, -0.05) is 0 Å². The van der Waals surface area contributed by atoms with Crippen LogP contribution in [0.5, 0.6) is 0 Å². The van der Waals surface area contributed by atoms with Gasteiger partial charge in [-0.15, -0.1) is 0 Å². The van der Waals surface area contributed by atoms with Crippen molar-refractivity contribution in [1.29, 1.82) is 0 Å². The van der Waals surface area contributed by atoms with E-state index in [1.54, 1.807) is 0 Å². The van der Waals surface area contributed by atoms with Crippen molar-refractivity contribution in [1.82, 2.24) is 0 Å². The Morgan fingerprint density at radius 1 is 0.707 bits per heavy atom. The van der Waals surface area contributed by atoms with Crippen LogP contribution in [0.3, 0.4) is 0 Å². The maximum Gasteiger partial charge on any atom is 0.187 e. The fraction of sp³-hybridized carbons (Fsp3) is 1.00. The average Bonchev–Trinajstić information content (AvgIpc) is 3.23. The molecule has 17 N–H and O–H groups in total. The molecular formula is C24H48N6O11. The summed E-state index contributed by atoms with van der Waals surface area (Å²) < 4.78 is 35.4. The summed E-state index contributed by atoms with van der Waals surface area (Å²) in [4.78, 5) is 0. The molecule has 0 aromatic heterocycles. The lowest BCUT2D eigenvalue weighted by Crippen LogP contribution is -2.65. The highest BCUT2D eigenvalue weighted by atomic mass is 16.8. The number of ether oxygens (including phenoxy) is 6. The molecule has 41 heavy (non-hydrogen) atoms. The van der Waals surface area contributed by atoms with Gasteiger partial charge in [0.2, 0.25) is 0 Å². The quantitative estimate of drug-likeness (QED) is 0.118. The molecule has 3 aliphatic heterocycles. The lowest BCUT2D eigenvalue weighted by molar-refractivity contribution is -0.290. The van der Waals surface area contributed by atoms with E-state index in [9.17, 15) is 25.5 Å². The third-order valence-electron chi connectivity index (χ3n) is 8.42. The van der Waals surface area contributed by atoms with Gasteiger partial charge in [0, 0.05) is 24.7 Å². The standard InChI is InChI=1S/C24H48N6O11/c1-7(26)11-3-2-8(27)22(36-11)39-19-10(29)4-9(28)15(32)21(19)41-24-18(35)20(13(6-31)38-24)40-23-14(30)17(34)16(33)12(5-25)37-23/h7-24,31-35H,2-6,25-30H2,1H3/t7-,8+,9+,10-,11-,12-,13+,14+,15-,16+,17+,18+,19+,20+,21+,22+,23?,24-/m0/s1. The summed E-state index contributed by atoms with van der Waals surface area (Å²) in [5, 5.41) is 52.5. The van der Waals surface area contributed by atoms with Crippen LogP contribution in [0.2, 0.25) is 0 Å². The lowest BCUT2D eigenvalue weighted by Gasteiger charge is -2.46. The minimum atomic E-state index is -1.53. The Morgan fingerprint density at radius 3 is 1.98 bits per heavy atom. The molecule has 0 aromatic carbocycles. The number of hydrogen-bond donors (Lipinski definition) is 11. The monoisotopic (exact) mass is 596 g/mol. The van der Waals surface area contributed by atoms with Gasteiger partial charge in [0.1, 0.15) is 48.8 Å². The normalized spacial score (nSPS) is 52.0. The van der Waals surface area contributed by atoms with Crippen LogP contribution in [0.1, 0.15) is 26.2 Å². The van der Waals surface area contributed by atoms with Gasteiger partial charge in [-0.2, -0.15) is 0 Å². The van der Waals surface area contributed by atoms with E-state index in [0.29, 0.717) is 12.8 Å². The van der Waals surface area contributed by atoms with Crippen LogP contribution in [0.25, 0.3) is 0 Å². The zero-order valence-electron chi connectivity index (χ0n) is 23.1. The number of nitrogens with two attached hydrogens (primary N) is 6. The van der Waals surface area contributed by atoms with Gasteiger partial charge < -0.3 is 88.4 Å². The third-order valence-corrected chi connectivity index (χ3v) is 8.42. The number of hydrogen-bond acceptors (Lipinski definition) is 17. The average molecular weight is 597 g/mol. The van der Waals surface area contributed by atoms with Crippen molar-refractivity contribution >= 4 is 0 Å². The van der Waals surface area contributed by atoms with Crippen LogP contribution in [-0.2, 0) is 28.4 Å². The molecule has 3 saturated heterocycles. The van der Waals surface area contributed by atoms with Crippen molar-refractivity contribution in [2.24, 2.45) is 34.4 Å². The van der Waals surface area contributed by atoms with E-state index >= 15 is 0 Å². The van der Waals surface area contributed by atoms with Gasteiger partial charge in [0.25, 0.3) is 0 Å². The van der Waals surface area contributed by atoms with Crippen molar-refractivity contribution in [3.05, 3.63) is 0 Å². The fourth-order valence-electron chi connectivity index (χ4n) is 5.83. The molecule has 0 amide bonds. The topological polar surface area (TPSA) is 313 Å². The maximum atomic E-state index is 11.1. The first-order chi connectivity index (χ1) is 19.4. The highest BCUT2D eigenvalue weighted by Crippen LogP contribution is 2.34. The maximum absolute atomic E-state index is 11.1. The van der Waals surface area contributed by atoms with Gasteiger partial charge in [0.05, 0.1) is 30.9 Å². The summed E-state index contributed by atoms with van der Waals surface area (Å²) in [6, 6.07) is -3.42. The Bertz CT molecular complexity index is 835. The molecule has 0 spiro atoms. The second-order valence-corrected chi connectivity index (χ2v) is 11.6. The van der Waals surface area contributed by atoms with Gasteiger partial charge in [0.15, 0.2) is 18.9 Å². The van der Waals surface area contributed by atoms with Crippen LogP contribution >= 0.6 is 0 Å². The fourth-order valence-corrected chi connectivity index (χ4v) is 5.83. The van der Waals surface area contributed by atoms with Crippen molar-refractivity contribution < 1.29 is 54.0 Å². The predicted octanol–water partition coefficient (Wildman–Crippen LogP) is -6.45. The van der Waals surface area contributed by atoms with E-state index < -0.39 is 105 Å². The van der Waals surface area contributed by atoms with Gasteiger partial charge in [-0.25, -0.2) is 0 Å². The minimum absolute atomic E-state index is 0.134. The van der Waals surface area contributed by atoms with Crippen molar-refractivity contribution in [3.63, 3.8) is 0 Å². The molecule has 18 atom stereocenters. The van der Waals surface area contributed by atoms with Gasteiger partial charge in [-0.3, -0.25) is 0 Å². The molecule has 4 rings (SSSR count). The molecule has 1 aliphatic carbocycles. The Labute approximate surface area is 238 Å². The van der Waals surface area contributed by atoms with E-state index in [2.05, 4.69) is 0 Å². The van der Waals surface area contributed by atoms with Crippen molar-refractivity contribution in [2.75, 3.05) is 13.2 Å². The van der Waals surface area contributed by atoms with Crippen LogP contribution in [0.15, 0.2) is 0 Å². The Kier molecular flexibility index (Phi) is 11.3. The van der Waals surface area contributed by atoms with Crippen LogP contribution in [0, 0.1) is 0 Å². The molecule has 17 nitrogen and oxygen atoms in total. The first-order valence-corrected chi connectivity index (χ1v) is 14.1. The Balaban J connectivity index is 1.48. The summed E-state index contributed by atoms with van der Waals surface area (Å²) >= 11 is 0. The third kappa shape index (κ3) is 7.02. The van der Waals surface area contributed by atoms with Crippen LogP contribution < -0.4 is 34.4 Å². The highest BCUT2D eigenvalue weighted by Gasteiger charge is 2.53. The molecule has 0 aromatic rings. The summed E-state index contributed by atoms with van der Waals surface area (Å²) in [6.45, 7) is 1.09. The largest absolute Gasteiger partial charge is 0.394 e. The minimum Gasteiger partial charge on any atom is -0.394 e. The molecule has 240 valence electrons. The van der Waals surface area contributed by atoms with E-state index in [1.165, 1.54) is 0 Å². The van der Waals surface area contributed by atoms with E-state index in [4.69, 9.17) is 62.8 Å². The molecule has 3 heterocycles. The summed E-state index contributed by atoms with van der Waals surface area (Å²) in [6.07, 6.45) is -13.5. The second kappa shape index (κ2) is 14.0. The molecule has 0 radical (unpaired) electrons. The van der Waals surface area contributed by atoms with Crippen LogP contribution in [0.4, 0.5) is 0 Å². The van der Waals surface area contributed by atoms with Crippen LogP contribution in [-0.4, -0.2) is 149 Å². The molecule has 4 aliphatic rings. The number of aliphatic hydroxyl groups excluding tert-OH is 5. The van der Waals surface area contributed by atoms with Gasteiger partial charge >= 0.3 is 0 Å². The lowest BCUT2D eigenvalue weighted by atomic mass is 9.84. The molecule has 1 saturated carbocycles. The van der Waals surface area contributed by atoms with Crippen molar-refractivity contribution in [3.8, 4) is 0 Å². The predicted molar refractivity (Wildman–Crippen MR) is 140 cm³/mol. The smallest absolute Gasteiger partial charge is 0.187 e. The van der Waals surface area contributed by atoms with E-state index in [1.807, 2.05) is 6.92 Å². The summed E-state index contributed by atoms with van der Waals surface area (Å²) in [5.41, 5.74) is 36.4.